The summed E-state index contributed by atoms with van der Waals surface area (Å²) in [7, 11) is 6.78. The fourth-order valence-electron chi connectivity index (χ4n) is 1.45. The van der Waals surface area contributed by atoms with E-state index < -0.39 is 6.10 Å². The standard InChI is InChI=1S/C7H8O.C5H12O.C5H6S.C4H10O.C3H8O2.C3H8O.C3H6/c1-8-7-5-3-2-4-6-7;1-5(2)4-6-3;1-5-3-2-4-6-5;1-3-4-5-2;1-3(5)2-4;1-3-4-2;1-3-2/h2-6H,1H3;5H,4H2,1-3H3;2-4H,1H3;3-4H2,1-2H3;3-5H,2H2,1H3;3H2,1-2H3;3H,1H2,2H3. The van der Waals surface area contributed by atoms with Crippen LogP contribution >= 0.6 is 11.3 Å². The fourth-order valence-corrected chi connectivity index (χ4v) is 1.98. The molecule has 0 radical (unpaired) electrons. The van der Waals surface area contributed by atoms with E-state index in [1.807, 2.05) is 44.2 Å². The van der Waals surface area contributed by atoms with Crippen LogP contribution in [0, 0.1) is 12.8 Å². The Morgan fingerprint density at radius 3 is 1.51 bits per heavy atom. The summed E-state index contributed by atoms with van der Waals surface area (Å²) in [5.41, 5.74) is 0. The molecule has 37 heavy (non-hydrogen) atoms. The van der Waals surface area contributed by atoms with Crippen molar-refractivity contribution in [1.29, 1.82) is 0 Å². The van der Waals surface area contributed by atoms with Crippen molar-refractivity contribution in [2.45, 2.75) is 61.0 Å². The highest BCUT2D eigenvalue weighted by molar-refractivity contribution is 7.09. The third kappa shape index (κ3) is 65.9. The maximum Gasteiger partial charge on any atom is 0.118 e. The predicted molar refractivity (Wildman–Crippen MR) is 163 cm³/mol. The van der Waals surface area contributed by atoms with E-state index in [0.29, 0.717) is 5.92 Å². The number of thiophene rings is 1. The molecule has 0 fully saturated rings. The second kappa shape index (κ2) is 44.3. The molecule has 0 amide bonds. The number of hydrogen-bond acceptors (Lipinski definition) is 7. The van der Waals surface area contributed by atoms with E-state index in [1.165, 1.54) is 11.8 Å². The molecule has 1 heterocycles. The Labute approximate surface area is 233 Å². The van der Waals surface area contributed by atoms with Crippen molar-refractivity contribution < 1.29 is 29.2 Å². The predicted octanol–water partition coefficient (Wildman–Crippen LogP) is 7.29. The van der Waals surface area contributed by atoms with Gasteiger partial charge in [0, 0.05) is 46.0 Å². The maximum absolute atomic E-state index is 8.11. The smallest absolute Gasteiger partial charge is 0.118 e. The Morgan fingerprint density at radius 1 is 0.919 bits per heavy atom. The number of aryl methyl sites for hydroxylation is 1. The number of aliphatic hydroxyl groups excluding tert-OH is 2. The van der Waals surface area contributed by atoms with Crippen LogP contribution < -0.4 is 4.74 Å². The molecule has 6 nitrogen and oxygen atoms in total. The highest BCUT2D eigenvalue weighted by Gasteiger charge is 1.86. The van der Waals surface area contributed by atoms with Crippen LogP contribution in [-0.4, -0.2) is 71.2 Å². The number of para-hydroxylation sites is 1. The summed E-state index contributed by atoms with van der Waals surface area (Å²) in [6, 6.07) is 13.8. The van der Waals surface area contributed by atoms with Crippen molar-refractivity contribution in [2.24, 2.45) is 5.92 Å². The summed E-state index contributed by atoms with van der Waals surface area (Å²) in [4.78, 5) is 1.38. The van der Waals surface area contributed by atoms with Crippen molar-refractivity contribution in [3.63, 3.8) is 0 Å². The van der Waals surface area contributed by atoms with Gasteiger partial charge in [0.1, 0.15) is 5.75 Å². The van der Waals surface area contributed by atoms with Crippen LogP contribution in [0.3, 0.4) is 0 Å². The first kappa shape index (κ1) is 45.2. The molecular formula is C30H58O6S. The highest BCUT2D eigenvalue weighted by atomic mass is 32.1. The van der Waals surface area contributed by atoms with Crippen LogP contribution in [0.15, 0.2) is 60.5 Å². The van der Waals surface area contributed by atoms with Crippen LogP contribution in [-0.2, 0) is 14.2 Å². The molecule has 2 aromatic rings. The number of allylic oxidation sites excluding steroid dienone is 1. The van der Waals surface area contributed by atoms with Crippen LogP contribution in [0.25, 0.3) is 0 Å². The average Bonchev–Trinajstić information content (AvgIpc) is 3.38. The van der Waals surface area contributed by atoms with Crippen molar-refractivity contribution in [2.75, 3.05) is 54.9 Å². The molecule has 1 unspecified atom stereocenters. The van der Waals surface area contributed by atoms with Crippen LogP contribution in [0.5, 0.6) is 5.75 Å². The summed E-state index contributed by atoms with van der Waals surface area (Å²) >= 11 is 1.78. The normalized spacial score (nSPS) is 9.24. The maximum atomic E-state index is 8.11. The third-order valence-corrected chi connectivity index (χ3v) is 3.90. The summed E-state index contributed by atoms with van der Waals surface area (Å²) in [6.45, 7) is 19.6. The summed E-state index contributed by atoms with van der Waals surface area (Å²) < 4.78 is 19.0. The van der Waals surface area contributed by atoms with Gasteiger partial charge in [-0.05, 0) is 63.6 Å². The molecule has 1 aromatic carbocycles. The largest absolute Gasteiger partial charge is 0.497 e. The van der Waals surface area contributed by atoms with E-state index in [9.17, 15) is 0 Å². The lowest BCUT2D eigenvalue weighted by molar-refractivity contribution is 0.110. The van der Waals surface area contributed by atoms with E-state index in [-0.39, 0.29) is 6.61 Å². The van der Waals surface area contributed by atoms with Gasteiger partial charge in [0.2, 0.25) is 0 Å². The Kier molecular flexibility index (Phi) is 54.1. The second-order valence-electron chi connectivity index (χ2n) is 7.60. The summed E-state index contributed by atoms with van der Waals surface area (Å²) in [5.74, 6) is 1.59. The first-order valence-electron chi connectivity index (χ1n) is 12.5. The number of methoxy groups -OCH3 is 4. The van der Waals surface area contributed by atoms with Crippen LogP contribution in [0.4, 0.5) is 0 Å². The topological polar surface area (TPSA) is 77.4 Å². The van der Waals surface area contributed by atoms with Gasteiger partial charge < -0.3 is 29.2 Å². The molecule has 2 rings (SSSR count). The van der Waals surface area contributed by atoms with Crippen molar-refractivity contribution in [3.8, 4) is 5.75 Å². The van der Waals surface area contributed by atoms with E-state index >= 15 is 0 Å². The van der Waals surface area contributed by atoms with Crippen molar-refractivity contribution >= 4 is 11.3 Å². The molecule has 0 saturated heterocycles. The molecule has 0 aliphatic heterocycles. The quantitative estimate of drug-likeness (QED) is 0.355. The van der Waals surface area contributed by atoms with Gasteiger partial charge in [-0.15, -0.1) is 17.9 Å². The molecular weight excluding hydrogens is 488 g/mol. The van der Waals surface area contributed by atoms with Crippen LogP contribution in [0.2, 0.25) is 0 Å². The number of aliphatic hydroxyl groups is 2. The SMILES string of the molecule is C=CC.CC(O)CO.CCCOC.CCOC.COCC(C)C.COc1ccccc1.Cc1cccs1. The molecule has 0 saturated carbocycles. The molecule has 0 bridgehead atoms. The molecule has 1 aromatic heterocycles. The molecule has 0 spiro atoms. The van der Waals surface area contributed by atoms with Crippen molar-refractivity contribution in [3.05, 3.63) is 65.4 Å². The Morgan fingerprint density at radius 2 is 1.41 bits per heavy atom. The fraction of sp³-hybridized carbons (Fsp3) is 0.600. The third-order valence-electron chi connectivity index (χ3n) is 3.10. The van der Waals surface area contributed by atoms with Gasteiger partial charge in [-0.2, -0.15) is 0 Å². The first-order valence-corrected chi connectivity index (χ1v) is 13.4. The van der Waals surface area contributed by atoms with Gasteiger partial charge in [-0.1, -0.05) is 51.1 Å². The van der Waals surface area contributed by atoms with Crippen LogP contribution in [0.1, 0.15) is 52.8 Å². The highest BCUT2D eigenvalue weighted by Crippen LogP contribution is 2.05. The minimum Gasteiger partial charge on any atom is -0.497 e. The Hall–Kier alpha value is -1.74. The lowest BCUT2D eigenvalue weighted by Gasteiger charge is -1.97. The van der Waals surface area contributed by atoms with Gasteiger partial charge >= 0.3 is 0 Å². The number of rotatable bonds is 7. The zero-order chi connectivity index (χ0) is 29.7. The van der Waals surface area contributed by atoms with Gasteiger partial charge in [0.25, 0.3) is 0 Å². The molecule has 7 heteroatoms. The number of benzene rings is 1. The Bertz CT molecular complexity index is 571. The zero-order valence-corrected chi connectivity index (χ0v) is 26.3. The van der Waals surface area contributed by atoms with Gasteiger partial charge in [0.05, 0.1) is 19.8 Å². The van der Waals surface area contributed by atoms with Gasteiger partial charge in [0.15, 0.2) is 0 Å². The second-order valence-corrected chi connectivity index (χ2v) is 8.75. The van der Waals surface area contributed by atoms with Gasteiger partial charge in [-0.3, -0.25) is 0 Å². The molecule has 220 valence electrons. The molecule has 1 atom stereocenters. The van der Waals surface area contributed by atoms with E-state index in [1.54, 1.807) is 45.9 Å². The van der Waals surface area contributed by atoms with Crippen molar-refractivity contribution in [1.82, 2.24) is 0 Å². The lowest BCUT2D eigenvalue weighted by atomic mass is 10.2. The summed E-state index contributed by atoms with van der Waals surface area (Å²) in [5, 5.41) is 18.1. The minimum atomic E-state index is -0.560. The zero-order valence-electron chi connectivity index (χ0n) is 25.5. The molecule has 0 aliphatic rings. The van der Waals surface area contributed by atoms with E-state index in [2.05, 4.69) is 56.5 Å². The number of hydrogen-bond donors (Lipinski definition) is 2. The van der Waals surface area contributed by atoms with Gasteiger partial charge in [-0.25, -0.2) is 0 Å². The minimum absolute atomic E-state index is 0.139. The lowest BCUT2D eigenvalue weighted by Crippen LogP contribution is -2.03. The first-order chi connectivity index (χ1) is 17.6. The van der Waals surface area contributed by atoms with E-state index in [4.69, 9.17) is 24.4 Å². The molecule has 0 aliphatic carbocycles. The molecule has 2 N–H and O–H groups in total. The monoisotopic (exact) mass is 546 g/mol. The Balaban J connectivity index is -0.000000110. The summed E-state index contributed by atoms with van der Waals surface area (Å²) in [6.07, 6.45) is 2.31. The van der Waals surface area contributed by atoms with E-state index in [0.717, 1.165) is 32.0 Å². The number of ether oxygens (including phenoxy) is 4. The average molecular weight is 547 g/mol.